The van der Waals surface area contributed by atoms with E-state index in [2.05, 4.69) is 32.4 Å². The third-order valence-electron chi connectivity index (χ3n) is 4.07. The number of hydrogen-bond donors (Lipinski definition) is 2. The maximum atomic E-state index is 12.5. The van der Waals surface area contributed by atoms with Gasteiger partial charge in [-0.2, -0.15) is 0 Å². The van der Waals surface area contributed by atoms with Crippen molar-refractivity contribution in [1.29, 1.82) is 0 Å². The number of rotatable bonds is 3. The summed E-state index contributed by atoms with van der Waals surface area (Å²) in [7, 11) is -3.48. The second-order valence-corrected chi connectivity index (χ2v) is 9.51. The van der Waals surface area contributed by atoms with Gasteiger partial charge in [-0.3, -0.25) is 0 Å². The van der Waals surface area contributed by atoms with Crippen molar-refractivity contribution in [2.24, 2.45) is 10.8 Å². The Morgan fingerprint density at radius 1 is 1.05 bits per heavy atom. The summed E-state index contributed by atoms with van der Waals surface area (Å²) >= 11 is 0. The van der Waals surface area contributed by atoms with Gasteiger partial charge in [-0.05, 0) is 54.4 Å². The quantitative estimate of drug-likeness (QED) is 0.842. The van der Waals surface area contributed by atoms with Crippen LogP contribution in [0.4, 0.5) is 5.69 Å². The molecule has 0 spiro atoms. The average Bonchev–Trinajstić information content (AvgIpc) is 2.23. The number of benzene rings is 1. The topological polar surface area (TPSA) is 72.2 Å². The van der Waals surface area contributed by atoms with Gasteiger partial charge < -0.3 is 5.73 Å². The predicted octanol–water partition coefficient (Wildman–Crippen LogP) is 3.15. The summed E-state index contributed by atoms with van der Waals surface area (Å²) in [5.74, 6) is 0. The fourth-order valence-corrected chi connectivity index (χ4v) is 5.10. The molecule has 2 rings (SSSR count). The van der Waals surface area contributed by atoms with E-state index in [1.165, 1.54) is 0 Å². The molecule has 0 bridgehead atoms. The molecule has 118 valence electrons. The largest absolute Gasteiger partial charge is 0.399 e. The van der Waals surface area contributed by atoms with Gasteiger partial charge in [0.25, 0.3) is 0 Å². The highest BCUT2D eigenvalue weighted by molar-refractivity contribution is 7.89. The summed E-state index contributed by atoms with van der Waals surface area (Å²) in [5, 5.41) is 0. The minimum atomic E-state index is -3.48. The van der Waals surface area contributed by atoms with Crippen molar-refractivity contribution in [3.63, 3.8) is 0 Å². The Balaban J connectivity index is 2.18. The first-order chi connectivity index (χ1) is 9.49. The van der Waals surface area contributed by atoms with Crippen molar-refractivity contribution in [2.45, 2.75) is 57.9 Å². The summed E-state index contributed by atoms with van der Waals surface area (Å²) in [6, 6.07) is 6.31. The summed E-state index contributed by atoms with van der Waals surface area (Å²) in [4.78, 5) is 0.276. The molecule has 5 heteroatoms. The smallest absolute Gasteiger partial charge is 0.240 e. The predicted molar refractivity (Wildman–Crippen MR) is 86.4 cm³/mol. The van der Waals surface area contributed by atoms with Crippen LogP contribution < -0.4 is 10.5 Å². The highest BCUT2D eigenvalue weighted by atomic mass is 32.2. The zero-order valence-corrected chi connectivity index (χ0v) is 14.1. The van der Waals surface area contributed by atoms with Crippen LogP contribution in [-0.4, -0.2) is 14.5 Å². The molecule has 0 amide bonds. The number of hydrogen-bond acceptors (Lipinski definition) is 3. The van der Waals surface area contributed by atoms with E-state index in [1.54, 1.807) is 24.3 Å². The molecular weight excluding hydrogens is 284 g/mol. The first-order valence-electron chi connectivity index (χ1n) is 7.37. The third-order valence-corrected chi connectivity index (χ3v) is 5.60. The summed E-state index contributed by atoms with van der Waals surface area (Å²) in [6.07, 6.45) is 2.84. The molecule has 0 heterocycles. The van der Waals surface area contributed by atoms with Crippen LogP contribution in [0.2, 0.25) is 0 Å². The molecule has 4 nitrogen and oxygen atoms in total. The highest BCUT2D eigenvalue weighted by Gasteiger charge is 2.39. The standard InChI is InChI=1S/C16H26N2O2S/c1-15(2)9-13(10-16(3,4)11-15)18-21(19,20)14-7-5-12(17)6-8-14/h5-8,13,18H,9-11,17H2,1-4H3. The Bertz CT molecular complexity index is 588. The Kier molecular flexibility index (Phi) is 4.10. The Morgan fingerprint density at radius 2 is 1.52 bits per heavy atom. The van der Waals surface area contributed by atoms with Crippen LogP contribution in [0.1, 0.15) is 47.0 Å². The van der Waals surface area contributed by atoms with Crippen LogP contribution in [-0.2, 0) is 10.0 Å². The normalized spacial score (nSPS) is 22.1. The molecule has 1 aliphatic carbocycles. The van der Waals surface area contributed by atoms with Crippen molar-refractivity contribution in [3.05, 3.63) is 24.3 Å². The van der Waals surface area contributed by atoms with E-state index in [9.17, 15) is 8.42 Å². The monoisotopic (exact) mass is 310 g/mol. The van der Waals surface area contributed by atoms with Crippen molar-refractivity contribution < 1.29 is 8.42 Å². The van der Waals surface area contributed by atoms with Gasteiger partial charge in [0.2, 0.25) is 10.0 Å². The van der Waals surface area contributed by atoms with Gasteiger partial charge in [0, 0.05) is 11.7 Å². The van der Waals surface area contributed by atoms with E-state index < -0.39 is 10.0 Å². The summed E-state index contributed by atoms with van der Waals surface area (Å²) < 4.78 is 27.8. The van der Waals surface area contributed by atoms with E-state index >= 15 is 0 Å². The fraction of sp³-hybridized carbons (Fsp3) is 0.625. The zero-order chi connectivity index (χ0) is 15.9. The molecule has 1 saturated carbocycles. The van der Waals surface area contributed by atoms with Gasteiger partial charge >= 0.3 is 0 Å². The van der Waals surface area contributed by atoms with E-state index in [0.29, 0.717) is 5.69 Å². The van der Waals surface area contributed by atoms with Crippen LogP contribution in [0.25, 0.3) is 0 Å². The van der Waals surface area contributed by atoms with Gasteiger partial charge in [-0.15, -0.1) is 0 Å². The minimum absolute atomic E-state index is 0.0219. The van der Waals surface area contributed by atoms with Crippen LogP contribution >= 0.6 is 0 Å². The molecule has 0 aliphatic heterocycles. The number of sulfonamides is 1. The maximum absolute atomic E-state index is 12.5. The van der Waals surface area contributed by atoms with Crippen LogP contribution in [0.5, 0.6) is 0 Å². The lowest BCUT2D eigenvalue weighted by molar-refractivity contribution is 0.0934. The first kappa shape index (κ1) is 16.3. The van der Waals surface area contributed by atoms with Gasteiger partial charge in [0.1, 0.15) is 0 Å². The minimum Gasteiger partial charge on any atom is -0.399 e. The van der Waals surface area contributed by atoms with Crippen molar-refractivity contribution in [3.8, 4) is 0 Å². The molecule has 0 radical (unpaired) electrons. The summed E-state index contributed by atoms with van der Waals surface area (Å²) in [6.45, 7) is 8.83. The number of nitrogens with two attached hydrogens (primary N) is 1. The number of anilines is 1. The lowest BCUT2D eigenvalue weighted by Gasteiger charge is -2.45. The van der Waals surface area contributed by atoms with Gasteiger partial charge in [-0.25, -0.2) is 13.1 Å². The first-order valence-corrected chi connectivity index (χ1v) is 8.85. The molecule has 0 aromatic heterocycles. The van der Waals surface area contributed by atoms with E-state index in [4.69, 9.17) is 5.73 Å². The molecule has 0 atom stereocenters. The van der Waals surface area contributed by atoms with Gasteiger partial charge in [0.05, 0.1) is 4.90 Å². The van der Waals surface area contributed by atoms with Gasteiger partial charge in [0.15, 0.2) is 0 Å². The highest BCUT2D eigenvalue weighted by Crippen LogP contribution is 2.45. The van der Waals surface area contributed by atoms with Crippen LogP contribution in [0, 0.1) is 10.8 Å². The van der Waals surface area contributed by atoms with E-state index in [0.717, 1.165) is 19.3 Å². The van der Waals surface area contributed by atoms with Crippen molar-refractivity contribution >= 4 is 15.7 Å². The second kappa shape index (κ2) is 5.29. The zero-order valence-electron chi connectivity index (χ0n) is 13.3. The van der Waals surface area contributed by atoms with Crippen molar-refractivity contribution in [2.75, 3.05) is 5.73 Å². The van der Waals surface area contributed by atoms with Crippen LogP contribution in [0.3, 0.4) is 0 Å². The Labute approximate surface area is 128 Å². The van der Waals surface area contributed by atoms with Crippen LogP contribution in [0.15, 0.2) is 29.2 Å². The molecule has 1 aliphatic rings. The van der Waals surface area contributed by atoms with E-state index in [1.807, 2.05) is 0 Å². The fourth-order valence-electron chi connectivity index (χ4n) is 3.86. The molecule has 0 saturated heterocycles. The lowest BCUT2D eigenvalue weighted by atomic mass is 9.64. The number of nitrogens with one attached hydrogen (secondary N) is 1. The molecule has 1 fully saturated rings. The summed E-state index contributed by atoms with van der Waals surface area (Å²) in [5.41, 5.74) is 6.47. The number of nitrogen functional groups attached to an aromatic ring is 1. The molecule has 21 heavy (non-hydrogen) atoms. The molecule has 3 N–H and O–H groups in total. The lowest BCUT2D eigenvalue weighted by Crippen LogP contribution is -2.45. The Hall–Kier alpha value is -1.07. The molecule has 1 aromatic rings. The molecule has 1 aromatic carbocycles. The van der Waals surface area contributed by atoms with E-state index in [-0.39, 0.29) is 21.8 Å². The maximum Gasteiger partial charge on any atom is 0.240 e. The SMILES string of the molecule is CC1(C)CC(NS(=O)(=O)c2ccc(N)cc2)CC(C)(C)C1. The van der Waals surface area contributed by atoms with Gasteiger partial charge in [-0.1, -0.05) is 27.7 Å². The van der Waals surface area contributed by atoms with Crippen molar-refractivity contribution in [1.82, 2.24) is 4.72 Å². The average molecular weight is 310 g/mol. The third kappa shape index (κ3) is 4.20. The second-order valence-electron chi connectivity index (χ2n) is 7.80. The molecule has 0 unspecified atom stereocenters. The molecular formula is C16H26N2O2S. The Morgan fingerprint density at radius 3 is 2.00 bits per heavy atom.